The van der Waals surface area contributed by atoms with Gasteiger partial charge < -0.3 is 101 Å². The van der Waals surface area contributed by atoms with Gasteiger partial charge in [0.25, 0.3) is 68.8 Å². The van der Waals surface area contributed by atoms with Crippen LogP contribution in [0.3, 0.4) is 0 Å². The van der Waals surface area contributed by atoms with Crippen LogP contribution in [0, 0.1) is 12.7 Å². The van der Waals surface area contributed by atoms with E-state index in [2.05, 4.69) is 56.2 Å². The van der Waals surface area contributed by atoms with Crippen molar-refractivity contribution in [3.63, 3.8) is 0 Å². The summed E-state index contributed by atoms with van der Waals surface area (Å²) in [4.78, 5) is 143. The van der Waals surface area contributed by atoms with Gasteiger partial charge >= 0.3 is 6.18 Å². The first-order valence-electron chi connectivity index (χ1n) is 46.1. The molecule has 6 aromatic heterocycles. The molecule has 0 unspecified atom stereocenters. The van der Waals surface area contributed by atoms with Crippen molar-refractivity contribution in [1.29, 1.82) is 0 Å². The summed E-state index contributed by atoms with van der Waals surface area (Å²) in [7, 11) is 8.89. The lowest BCUT2D eigenvalue weighted by Gasteiger charge is -2.15. The summed E-state index contributed by atoms with van der Waals surface area (Å²) >= 11 is 35.4. The second kappa shape index (κ2) is 58.3. The molecule has 7 aromatic carbocycles. The SMILES string of the molecule is Cc1ccc(OCCCNC(=O)c2ccn(C)c(=O)c2O)cc1.Cn1c(-c2cc(F)cc(C(F)(F)F)c2)cc(C(=O)NCCCc2ccc(Cl)c(Cl)c2)c(N)c1=O.Cn1ccc(C(=O)NCCCCc2ccccc2)c(O)c1=O.Cn1ccc(C(=O)NCCCCc2ccccc2)c(O)c1=O.Cn1ccc(C(=O)NCCCOc2ccc(Cl)c(Cl)c2)c(O)c1=O.Cn1ccc(C(=O)NCCCc2ccc(Cl)c(Cl)c2)c(N)c1=O. The average Bonchev–Trinajstić information content (AvgIpc) is 0.773. The summed E-state index contributed by atoms with van der Waals surface area (Å²) in [6, 6.07) is 53.9. The van der Waals surface area contributed by atoms with Crippen LogP contribution in [0.1, 0.15) is 147 Å². The third-order valence-electron chi connectivity index (χ3n) is 22.3. The van der Waals surface area contributed by atoms with E-state index in [9.17, 15) is 95.5 Å². The fourth-order valence-corrected chi connectivity index (χ4v) is 14.7. The number of aromatic hydroxyl groups is 4. The number of nitrogens with one attached hydrogen (secondary N) is 6. The summed E-state index contributed by atoms with van der Waals surface area (Å²) in [5, 5.41) is 57.7. The molecular weight excluding hydrogens is 2050 g/mol. The molecule has 0 aliphatic carbocycles. The van der Waals surface area contributed by atoms with Crippen molar-refractivity contribution < 1.29 is 76.2 Å². The van der Waals surface area contributed by atoms with Crippen LogP contribution in [0.2, 0.25) is 30.1 Å². The first-order chi connectivity index (χ1) is 70.3. The van der Waals surface area contributed by atoms with Gasteiger partial charge in [-0.2, -0.15) is 13.2 Å². The normalized spacial score (nSPS) is 10.7. The topological polar surface area (TPSA) is 458 Å². The quantitative estimate of drug-likeness (QED) is 0.0130. The summed E-state index contributed by atoms with van der Waals surface area (Å²) < 4.78 is 71.5. The molecule has 0 radical (unpaired) electrons. The van der Waals surface area contributed by atoms with Gasteiger partial charge in [-0.25, -0.2) is 4.39 Å². The molecule has 148 heavy (non-hydrogen) atoms. The number of rotatable bonds is 35. The zero-order valence-corrected chi connectivity index (χ0v) is 86.2. The number of nitrogens with two attached hydrogens (primary N) is 2. The van der Waals surface area contributed by atoms with Gasteiger partial charge in [0.1, 0.15) is 28.7 Å². The molecule has 14 N–H and O–H groups in total. The molecule has 13 aromatic rings. The minimum absolute atomic E-state index is 0.0196. The van der Waals surface area contributed by atoms with E-state index in [1.165, 1.54) is 142 Å². The molecule has 32 nitrogen and oxygen atoms in total. The Morgan fingerprint density at radius 1 is 0.331 bits per heavy atom. The average molecular weight is 2160 g/mol. The fourth-order valence-electron chi connectivity index (χ4n) is 13.8. The van der Waals surface area contributed by atoms with Crippen LogP contribution in [0.15, 0.2) is 254 Å². The molecule has 0 saturated carbocycles. The van der Waals surface area contributed by atoms with Crippen LogP contribution in [0.4, 0.5) is 28.9 Å². The second-order valence-electron chi connectivity index (χ2n) is 33.4. The van der Waals surface area contributed by atoms with Crippen molar-refractivity contribution in [2.24, 2.45) is 42.3 Å². The van der Waals surface area contributed by atoms with E-state index < -0.39 is 97.9 Å². The molecule has 0 bridgehead atoms. The molecule has 13 rings (SSSR count). The number of carbonyl (C=O) groups is 6. The number of hydrogen-bond acceptors (Lipinski definition) is 20. The Labute approximate surface area is 878 Å². The Hall–Kier alpha value is -15.1. The van der Waals surface area contributed by atoms with Crippen LogP contribution in [-0.4, -0.2) is 136 Å². The van der Waals surface area contributed by atoms with Crippen LogP contribution in [0.5, 0.6) is 34.5 Å². The number of nitrogen functional groups attached to an aromatic ring is 2. The highest BCUT2D eigenvalue weighted by Crippen LogP contribution is 2.35. The number of benzene rings is 7. The van der Waals surface area contributed by atoms with Crippen LogP contribution in [-0.2, 0) is 74.1 Å². The molecule has 0 spiro atoms. The number of amides is 6. The number of aryl methyl sites for hydroxylation is 10. The van der Waals surface area contributed by atoms with Crippen molar-refractivity contribution in [1.82, 2.24) is 59.3 Å². The number of alkyl halides is 3. The van der Waals surface area contributed by atoms with Crippen LogP contribution < -0.4 is 86.2 Å². The van der Waals surface area contributed by atoms with Crippen molar-refractivity contribution in [2.75, 3.05) is 63.9 Å². The maximum absolute atomic E-state index is 13.9. The number of unbranched alkanes of at least 4 members (excludes halogenated alkanes) is 2. The van der Waals surface area contributed by atoms with Gasteiger partial charge in [-0.3, -0.25) is 57.5 Å². The molecule has 6 amide bonds. The van der Waals surface area contributed by atoms with E-state index in [1.54, 1.807) is 49.5 Å². The number of anilines is 2. The highest BCUT2D eigenvalue weighted by Gasteiger charge is 2.32. The number of nitrogens with zero attached hydrogens (tertiary/aromatic N) is 6. The molecule has 6 heterocycles. The zero-order valence-electron chi connectivity index (χ0n) is 81.6. The van der Waals surface area contributed by atoms with E-state index in [0.29, 0.717) is 120 Å². The fraction of sp³-hybridized carbons (Fsp3) is 0.264. The number of pyridine rings is 6. The Bertz CT molecular complexity index is 7070. The van der Waals surface area contributed by atoms with E-state index >= 15 is 0 Å². The standard InChI is InChI=1S/C23H19Cl2F4N3O2.C17H20N2O4.2C17H20N2O3.C16H17Cl2N3O2.C16H16Cl2N2O4/c1-32-19(13-8-14(23(27,28)29)10-15(26)9-13)11-16(20(30)22(32)34)21(33)31-6-2-3-12-4-5-17(24)18(25)7-12;1-12-4-6-13(7-5-12)23-11-3-9-18-16(21)14-8-10-19(2)17(22)15(14)20;2*1-19-12-10-14(15(20)17(19)22)16(21)18-11-6-5-9-13-7-3-2-4-8-13;1-21-8-6-11(14(19)16(21)23)15(22)20-7-2-3-10-4-5-12(17)13(18)9-10;1-20-7-5-11(14(21)16(20)23)15(22)19-6-2-8-24-10-3-4-12(17)13(18)9-10/h4-5,7-11H,2-3,6,30H2,1H3,(H,31,33);4-8,10,20H,3,9,11H2,1-2H3,(H,18,21);2*2-4,7-8,10,12,20H,5-6,9,11H2,1H3,(H,18,21);4-6,8-9H,2-3,7,19H2,1H3,(H,20,22);3-5,7,9,21H,2,6,8H2,1H3,(H,19,22). The highest BCUT2D eigenvalue weighted by molar-refractivity contribution is 6.43. The Balaban J connectivity index is 0.000000218. The van der Waals surface area contributed by atoms with E-state index in [1.807, 2.05) is 79.7 Å². The molecule has 42 heteroatoms. The zero-order chi connectivity index (χ0) is 109. The monoisotopic (exact) mass is 2150 g/mol. The number of carbonyl (C=O) groups excluding carboxylic acids is 6. The van der Waals surface area contributed by atoms with E-state index in [0.717, 1.165) is 78.9 Å². The van der Waals surface area contributed by atoms with Gasteiger partial charge in [0.05, 0.1) is 88.0 Å². The van der Waals surface area contributed by atoms with Crippen LogP contribution >= 0.6 is 69.6 Å². The number of aromatic nitrogens is 6. The lowest BCUT2D eigenvalue weighted by Crippen LogP contribution is -2.30. The Morgan fingerprint density at radius 3 is 1.03 bits per heavy atom. The molecule has 784 valence electrons. The highest BCUT2D eigenvalue weighted by atomic mass is 35.5. The summed E-state index contributed by atoms with van der Waals surface area (Å²) in [6.45, 7) is 5.27. The molecule has 0 saturated heterocycles. The summed E-state index contributed by atoms with van der Waals surface area (Å²) in [6.07, 6.45) is 11.8. The Kier molecular flexibility index (Phi) is 46.6. The van der Waals surface area contributed by atoms with Gasteiger partial charge in [0, 0.05) is 124 Å². The van der Waals surface area contributed by atoms with Gasteiger partial charge in [0.2, 0.25) is 0 Å². The third-order valence-corrected chi connectivity index (χ3v) is 24.5. The molecule has 0 aliphatic heterocycles. The molecule has 0 aliphatic rings. The molecule has 0 fully saturated rings. The number of ether oxygens (including phenoxy) is 2. The van der Waals surface area contributed by atoms with Crippen molar-refractivity contribution in [3.05, 3.63) is 390 Å². The predicted octanol–water partition coefficient (Wildman–Crippen LogP) is 16.0. The Morgan fingerprint density at radius 2 is 0.649 bits per heavy atom. The molecular formula is C106H112Cl6F4N14O18. The minimum Gasteiger partial charge on any atom is -0.502 e. The first kappa shape index (κ1) is 118. The van der Waals surface area contributed by atoms with Gasteiger partial charge in [-0.1, -0.05) is 160 Å². The largest absolute Gasteiger partial charge is 0.502 e. The van der Waals surface area contributed by atoms with E-state index in [4.69, 9.17) is 90.5 Å². The smallest absolute Gasteiger partial charge is 0.416 e. The lowest BCUT2D eigenvalue weighted by atomic mass is 10.0. The lowest BCUT2D eigenvalue weighted by molar-refractivity contribution is -0.137. The van der Waals surface area contributed by atoms with Crippen molar-refractivity contribution in [3.8, 4) is 45.8 Å². The summed E-state index contributed by atoms with van der Waals surface area (Å²) in [5.74, 6) is -4.76. The maximum Gasteiger partial charge on any atom is 0.416 e. The maximum atomic E-state index is 13.9. The van der Waals surface area contributed by atoms with Gasteiger partial charge in [-0.15, -0.1) is 0 Å². The van der Waals surface area contributed by atoms with Gasteiger partial charge in [0.15, 0.2) is 23.0 Å². The van der Waals surface area contributed by atoms with Crippen molar-refractivity contribution in [2.45, 2.75) is 90.1 Å². The number of hydrogen-bond donors (Lipinski definition) is 12. The van der Waals surface area contributed by atoms with E-state index in [-0.39, 0.29) is 74.0 Å². The second-order valence-corrected chi connectivity index (χ2v) is 35.8. The van der Waals surface area contributed by atoms with Crippen LogP contribution in [0.25, 0.3) is 11.3 Å². The third kappa shape index (κ3) is 36.2. The molecule has 0 atom stereocenters. The van der Waals surface area contributed by atoms with Gasteiger partial charge in [-0.05, 0) is 209 Å². The minimum atomic E-state index is -4.79. The summed E-state index contributed by atoms with van der Waals surface area (Å²) in [5.41, 5.74) is 11.6. The first-order valence-corrected chi connectivity index (χ1v) is 48.4. The predicted molar refractivity (Wildman–Crippen MR) is 566 cm³/mol. The van der Waals surface area contributed by atoms with Crippen molar-refractivity contribution >= 4 is 116 Å². The number of halogens is 10.